The van der Waals surface area contributed by atoms with Gasteiger partial charge in [-0.2, -0.15) is 0 Å². The van der Waals surface area contributed by atoms with E-state index in [1.165, 1.54) is 13.5 Å². The van der Waals surface area contributed by atoms with Crippen molar-refractivity contribution in [1.29, 1.82) is 0 Å². The van der Waals surface area contributed by atoms with Crippen LogP contribution in [-0.2, 0) is 4.74 Å². The molecule has 1 atom stereocenters. The van der Waals surface area contributed by atoms with Gasteiger partial charge in [0, 0.05) is 34.1 Å². The second kappa shape index (κ2) is 10.9. The number of fused-ring (bicyclic) bond motifs is 3. The zero-order valence-electron chi connectivity index (χ0n) is 23.5. The van der Waals surface area contributed by atoms with Gasteiger partial charge in [0.1, 0.15) is 28.4 Å². The van der Waals surface area contributed by atoms with Crippen LogP contribution >= 0.6 is 0 Å². The van der Waals surface area contributed by atoms with Crippen molar-refractivity contribution in [3.63, 3.8) is 0 Å². The van der Waals surface area contributed by atoms with Crippen molar-refractivity contribution in [1.82, 2.24) is 9.88 Å². The molecule has 0 aliphatic carbocycles. The summed E-state index contributed by atoms with van der Waals surface area (Å²) in [6, 6.07) is 9.34. The van der Waals surface area contributed by atoms with E-state index in [4.69, 9.17) is 13.9 Å². The number of phenols is 1. The number of rotatable bonds is 7. The van der Waals surface area contributed by atoms with E-state index in [-0.39, 0.29) is 17.2 Å². The number of esters is 1. The van der Waals surface area contributed by atoms with Crippen molar-refractivity contribution >= 4 is 27.7 Å². The molecule has 0 spiro atoms. The minimum absolute atomic E-state index is 0.136. The zero-order chi connectivity index (χ0) is 27.7. The van der Waals surface area contributed by atoms with Crippen molar-refractivity contribution in [3.8, 4) is 11.5 Å². The molecule has 5 rings (SSSR count). The lowest BCUT2D eigenvalue weighted by molar-refractivity contribution is 0.0600. The molecular weight excluding hydrogens is 492 g/mol. The molecule has 1 N–H and O–H groups in total. The summed E-state index contributed by atoms with van der Waals surface area (Å²) in [4.78, 5) is 19.7. The number of piperidine rings is 1. The number of furan rings is 1. The number of likely N-dealkylation sites (tertiary alicyclic amines) is 1. The summed E-state index contributed by atoms with van der Waals surface area (Å²) in [5.41, 5.74) is 2.70. The fourth-order valence-corrected chi connectivity index (χ4v) is 5.63. The Bertz CT molecular complexity index is 1480. The summed E-state index contributed by atoms with van der Waals surface area (Å²) >= 11 is 0. The van der Waals surface area contributed by atoms with E-state index >= 15 is 0 Å². The highest BCUT2D eigenvalue weighted by molar-refractivity contribution is 6.17. The first-order valence-electron chi connectivity index (χ1n) is 13.8. The number of nitrogens with zero attached hydrogens (tertiary/aromatic N) is 2. The van der Waals surface area contributed by atoms with Crippen molar-refractivity contribution in [3.05, 3.63) is 65.2 Å². The van der Waals surface area contributed by atoms with Gasteiger partial charge in [-0.15, -0.1) is 0 Å². The maximum Gasteiger partial charge on any atom is 0.342 e. The molecule has 2 aromatic carbocycles. The average molecular weight is 531 g/mol. The Morgan fingerprint density at radius 1 is 1.10 bits per heavy atom. The highest BCUT2D eigenvalue weighted by Crippen LogP contribution is 2.48. The van der Waals surface area contributed by atoms with Crippen LogP contribution in [0.5, 0.6) is 11.5 Å². The van der Waals surface area contributed by atoms with Gasteiger partial charge in [-0.1, -0.05) is 27.2 Å². The van der Waals surface area contributed by atoms with E-state index in [2.05, 4.69) is 30.7 Å². The SMILES string of the molecule is COC(=O)c1c(C)oc2c1c(C(c1ccncc1)N1CCCCC1)c(O)c1ccc(OCCC(C)(C)C)cc12. The standard InChI is InChI=1S/C32H38N2O5/c1-20-25(31(36)37-5)26-27(28(21-11-14-33-15-12-21)34-16-7-6-8-17-34)29(35)23-10-9-22(19-24(23)30(26)39-20)38-18-13-32(2,3)4/h9-12,14-15,19,28,35H,6-8,13,16-18H2,1-5H3. The Hall–Kier alpha value is -3.58. The number of aryl methyl sites for hydroxylation is 1. The minimum Gasteiger partial charge on any atom is -0.507 e. The monoisotopic (exact) mass is 530 g/mol. The van der Waals surface area contributed by atoms with Crippen LogP contribution in [0.25, 0.3) is 21.7 Å². The molecule has 1 aliphatic rings. The maximum atomic E-state index is 13.1. The third-order valence-corrected chi connectivity index (χ3v) is 7.66. The third-order valence-electron chi connectivity index (χ3n) is 7.66. The Labute approximate surface area is 229 Å². The zero-order valence-corrected chi connectivity index (χ0v) is 23.5. The van der Waals surface area contributed by atoms with E-state index in [0.717, 1.165) is 37.9 Å². The number of pyridine rings is 1. The first-order valence-corrected chi connectivity index (χ1v) is 13.8. The molecule has 0 amide bonds. The van der Waals surface area contributed by atoms with Gasteiger partial charge in [0.05, 0.1) is 19.8 Å². The van der Waals surface area contributed by atoms with Crippen LogP contribution < -0.4 is 4.74 Å². The predicted molar refractivity (Wildman–Crippen MR) is 153 cm³/mol. The molecule has 0 saturated carbocycles. The Kier molecular flexibility index (Phi) is 7.54. The summed E-state index contributed by atoms with van der Waals surface area (Å²) in [5, 5.41) is 13.9. The van der Waals surface area contributed by atoms with Crippen LogP contribution in [0.3, 0.4) is 0 Å². The van der Waals surface area contributed by atoms with Gasteiger partial charge < -0.3 is 19.0 Å². The Morgan fingerprint density at radius 3 is 2.49 bits per heavy atom. The normalized spacial score (nSPS) is 15.5. The Morgan fingerprint density at radius 2 is 1.82 bits per heavy atom. The number of phenolic OH excluding ortho intramolecular Hbond substituents is 1. The van der Waals surface area contributed by atoms with Gasteiger partial charge in [0.2, 0.25) is 0 Å². The van der Waals surface area contributed by atoms with Crippen molar-refractivity contribution in [2.24, 2.45) is 5.41 Å². The molecule has 3 heterocycles. The fourth-order valence-electron chi connectivity index (χ4n) is 5.63. The van der Waals surface area contributed by atoms with Crippen LogP contribution in [0.4, 0.5) is 0 Å². The van der Waals surface area contributed by atoms with Crippen LogP contribution in [0, 0.1) is 12.3 Å². The molecule has 1 fully saturated rings. The summed E-state index contributed by atoms with van der Waals surface area (Å²) in [6.45, 7) is 10.7. The van der Waals surface area contributed by atoms with E-state index in [1.54, 1.807) is 19.3 Å². The van der Waals surface area contributed by atoms with E-state index in [0.29, 0.717) is 51.0 Å². The number of hydrogen-bond acceptors (Lipinski definition) is 7. The first kappa shape index (κ1) is 27.0. The first-order chi connectivity index (χ1) is 18.7. The quantitative estimate of drug-likeness (QED) is 0.254. The number of carbonyl (C=O) groups is 1. The predicted octanol–water partition coefficient (Wildman–Crippen LogP) is 7.17. The van der Waals surface area contributed by atoms with Crippen LogP contribution in [0.15, 0.2) is 47.1 Å². The lowest BCUT2D eigenvalue weighted by atomic mass is 9.88. The molecule has 7 nitrogen and oxygen atoms in total. The number of methoxy groups -OCH3 is 1. The van der Waals surface area contributed by atoms with E-state index in [9.17, 15) is 9.90 Å². The summed E-state index contributed by atoms with van der Waals surface area (Å²) < 4.78 is 17.6. The number of ether oxygens (including phenoxy) is 2. The van der Waals surface area contributed by atoms with Gasteiger partial charge >= 0.3 is 5.97 Å². The van der Waals surface area contributed by atoms with Crippen LogP contribution in [-0.4, -0.2) is 47.8 Å². The van der Waals surface area contributed by atoms with Crippen molar-refractivity contribution in [2.45, 2.75) is 59.4 Å². The van der Waals surface area contributed by atoms with Crippen LogP contribution in [0.2, 0.25) is 0 Å². The van der Waals surface area contributed by atoms with Crippen molar-refractivity contribution < 1.29 is 23.8 Å². The summed E-state index contributed by atoms with van der Waals surface area (Å²) in [7, 11) is 1.37. The number of benzene rings is 2. The molecule has 7 heteroatoms. The number of aromatic nitrogens is 1. The number of aromatic hydroxyl groups is 1. The highest BCUT2D eigenvalue weighted by Gasteiger charge is 2.34. The second-order valence-corrected chi connectivity index (χ2v) is 11.6. The van der Waals surface area contributed by atoms with Gasteiger partial charge in [-0.05, 0) is 80.6 Å². The molecule has 2 aromatic heterocycles. The number of hydrogen-bond donors (Lipinski definition) is 1. The molecule has 39 heavy (non-hydrogen) atoms. The third kappa shape index (κ3) is 5.33. The van der Waals surface area contributed by atoms with Crippen LogP contribution in [0.1, 0.15) is 79.7 Å². The second-order valence-electron chi connectivity index (χ2n) is 11.6. The topological polar surface area (TPSA) is 85.0 Å². The largest absolute Gasteiger partial charge is 0.507 e. The lowest BCUT2D eigenvalue weighted by Gasteiger charge is -2.36. The summed E-state index contributed by atoms with van der Waals surface area (Å²) in [6.07, 6.45) is 7.76. The van der Waals surface area contributed by atoms with Gasteiger partial charge in [0.25, 0.3) is 0 Å². The molecule has 1 saturated heterocycles. The minimum atomic E-state index is -0.490. The van der Waals surface area contributed by atoms with E-state index < -0.39 is 5.97 Å². The van der Waals surface area contributed by atoms with Gasteiger partial charge in [-0.25, -0.2) is 4.79 Å². The fraction of sp³-hybridized carbons (Fsp3) is 0.438. The van der Waals surface area contributed by atoms with Gasteiger partial charge in [-0.3, -0.25) is 9.88 Å². The number of carbonyl (C=O) groups excluding carboxylic acids is 1. The smallest absolute Gasteiger partial charge is 0.342 e. The molecule has 0 bridgehead atoms. The highest BCUT2D eigenvalue weighted by atomic mass is 16.5. The van der Waals surface area contributed by atoms with Gasteiger partial charge in [0.15, 0.2) is 0 Å². The molecule has 0 radical (unpaired) electrons. The molecular formula is C32H38N2O5. The summed E-state index contributed by atoms with van der Waals surface area (Å²) in [5.74, 6) is 0.791. The van der Waals surface area contributed by atoms with E-state index in [1.807, 2.05) is 30.3 Å². The van der Waals surface area contributed by atoms with Crippen molar-refractivity contribution in [2.75, 3.05) is 26.8 Å². The average Bonchev–Trinajstić information content (AvgIpc) is 3.27. The molecule has 206 valence electrons. The Balaban J connectivity index is 1.77. The molecule has 1 aliphatic heterocycles. The lowest BCUT2D eigenvalue weighted by Crippen LogP contribution is -2.34. The molecule has 1 unspecified atom stereocenters. The molecule has 4 aromatic rings. The maximum absolute atomic E-state index is 13.1.